The van der Waals surface area contributed by atoms with Gasteiger partial charge in [0.25, 0.3) is 0 Å². The zero-order valence-corrected chi connectivity index (χ0v) is 16.2. The van der Waals surface area contributed by atoms with Crippen LogP contribution >= 0.6 is 15.9 Å². The normalized spacial score (nSPS) is 14.8. The van der Waals surface area contributed by atoms with Gasteiger partial charge in [-0.15, -0.1) is 0 Å². The van der Waals surface area contributed by atoms with Crippen LogP contribution in [0.1, 0.15) is 0 Å². The van der Waals surface area contributed by atoms with Crippen LogP contribution in [-0.4, -0.2) is 40.7 Å². The molecule has 1 fully saturated rings. The summed E-state index contributed by atoms with van der Waals surface area (Å²) in [5.41, 5.74) is 4.94. The van der Waals surface area contributed by atoms with Gasteiger partial charge in [-0.2, -0.15) is 0 Å². The van der Waals surface area contributed by atoms with Crippen molar-refractivity contribution in [1.82, 2.24) is 14.4 Å². The molecule has 1 aliphatic heterocycles. The molecule has 0 amide bonds. The van der Waals surface area contributed by atoms with E-state index in [1.54, 1.807) is 6.20 Å². The molecule has 3 heterocycles. The fraction of sp³-hybridized carbons (Fsp3) is 0.200. The minimum atomic E-state index is 0.740. The number of fused-ring (bicyclic) bond motifs is 3. The van der Waals surface area contributed by atoms with E-state index in [-0.39, 0.29) is 0 Å². The number of hydrogen-bond acceptors (Lipinski definition) is 5. The van der Waals surface area contributed by atoms with Gasteiger partial charge in [0, 0.05) is 41.3 Å². The predicted octanol–water partition coefficient (Wildman–Crippen LogP) is 4.23. The Morgan fingerprint density at radius 3 is 2.67 bits per heavy atom. The van der Waals surface area contributed by atoms with Gasteiger partial charge in [0.1, 0.15) is 0 Å². The Kier molecular flexibility index (Phi) is 4.18. The van der Waals surface area contributed by atoms with E-state index in [1.165, 1.54) is 5.69 Å². The van der Waals surface area contributed by atoms with Crippen molar-refractivity contribution in [2.75, 3.05) is 36.5 Å². The zero-order valence-electron chi connectivity index (χ0n) is 14.6. The molecule has 1 aliphatic rings. The second-order valence-electron chi connectivity index (χ2n) is 6.49. The summed E-state index contributed by atoms with van der Waals surface area (Å²) in [4.78, 5) is 11.6. The molecule has 6 nitrogen and oxygen atoms in total. The molecule has 0 aliphatic carbocycles. The summed E-state index contributed by atoms with van der Waals surface area (Å²) in [7, 11) is 0. The molecule has 1 saturated heterocycles. The number of hydrogen-bond donors (Lipinski definition) is 1. The Hall–Kier alpha value is -2.64. The molecule has 136 valence electrons. The molecule has 1 N–H and O–H groups in total. The number of rotatable bonds is 3. The smallest absolute Gasteiger partial charge is 0.180 e. The third kappa shape index (κ3) is 3.13. The topological polar surface area (TPSA) is 54.7 Å². The van der Waals surface area contributed by atoms with E-state index in [0.717, 1.165) is 59.0 Å². The van der Waals surface area contributed by atoms with Crippen LogP contribution in [0.15, 0.2) is 59.3 Å². The number of benzene rings is 2. The van der Waals surface area contributed by atoms with Crippen LogP contribution in [0, 0.1) is 0 Å². The van der Waals surface area contributed by atoms with Crippen LogP contribution in [0.3, 0.4) is 0 Å². The molecular weight excluding hydrogens is 406 g/mol. The SMILES string of the molecule is Brc1ccc2c(c1)nc(Nc1ccc(N3CCOCC3)cc1)c1nccn12. The van der Waals surface area contributed by atoms with E-state index >= 15 is 0 Å². The van der Waals surface area contributed by atoms with Crippen molar-refractivity contribution < 1.29 is 4.74 Å². The maximum Gasteiger partial charge on any atom is 0.180 e. The van der Waals surface area contributed by atoms with Crippen molar-refractivity contribution in [3.05, 3.63) is 59.3 Å². The van der Waals surface area contributed by atoms with Crippen molar-refractivity contribution in [2.45, 2.75) is 0 Å². The Bertz CT molecular complexity index is 1100. The highest BCUT2D eigenvalue weighted by molar-refractivity contribution is 9.10. The molecule has 7 heteroatoms. The highest BCUT2D eigenvalue weighted by atomic mass is 79.9. The maximum atomic E-state index is 5.43. The number of imidazole rings is 1. The Morgan fingerprint density at radius 2 is 1.85 bits per heavy atom. The first-order chi connectivity index (χ1) is 13.3. The van der Waals surface area contributed by atoms with Crippen LogP contribution in [0.25, 0.3) is 16.7 Å². The molecule has 4 aromatic rings. The average Bonchev–Trinajstić information content (AvgIpc) is 3.19. The van der Waals surface area contributed by atoms with Crippen LogP contribution < -0.4 is 10.2 Å². The highest BCUT2D eigenvalue weighted by Crippen LogP contribution is 2.27. The first kappa shape index (κ1) is 16.5. The fourth-order valence-corrected chi connectivity index (χ4v) is 3.78. The van der Waals surface area contributed by atoms with Crippen molar-refractivity contribution in [1.29, 1.82) is 0 Å². The Labute approximate surface area is 164 Å². The molecule has 0 radical (unpaired) electrons. The molecule has 0 saturated carbocycles. The molecule has 2 aromatic heterocycles. The van der Waals surface area contributed by atoms with Crippen molar-refractivity contribution in [3.8, 4) is 0 Å². The third-order valence-corrected chi connectivity index (χ3v) is 5.28. The molecule has 0 unspecified atom stereocenters. The molecular formula is C20H18BrN5O. The van der Waals surface area contributed by atoms with E-state index < -0.39 is 0 Å². The molecule has 0 atom stereocenters. The molecule has 0 bridgehead atoms. The van der Waals surface area contributed by atoms with Crippen LogP contribution in [0.2, 0.25) is 0 Å². The number of anilines is 3. The lowest BCUT2D eigenvalue weighted by atomic mass is 10.2. The number of nitrogens with one attached hydrogen (secondary N) is 1. The summed E-state index contributed by atoms with van der Waals surface area (Å²) < 4.78 is 8.48. The van der Waals surface area contributed by atoms with Crippen LogP contribution in [0.4, 0.5) is 17.2 Å². The summed E-state index contributed by atoms with van der Waals surface area (Å²) in [5.74, 6) is 0.740. The van der Waals surface area contributed by atoms with Crippen LogP contribution in [-0.2, 0) is 4.74 Å². The summed E-state index contributed by atoms with van der Waals surface area (Å²) in [6.07, 6.45) is 3.76. The number of halogens is 1. The molecule has 0 spiro atoms. The van der Waals surface area contributed by atoms with E-state index in [1.807, 2.05) is 24.4 Å². The largest absolute Gasteiger partial charge is 0.378 e. The number of aromatic nitrogens is 3. The van der Waals surface area contributed by atoms with E-state index in [2.05, 4.69) is 59.8 Å². The predicted molar refractivity (Wildman–Crippen MR) is 111 cm³/mol. The fourth-order valence-electron chi connectivity index (χ4n) is 3.43. The van der Waals surface area contributed by atoms with Gasteiger partial charge in [0.05, 0.1) is 24.2 Å². The van der Waals surface area contributed by atoms with Crippen molar-refractivity contribution in [3.63, 3.8) is 0 Å². The van der Waals surface area contributed by atoms with Gasteiger partial charge in [-0.3, -0.25) is 4.40 Å². The summed E-state index contributed by atoms with van der Waals surface area (Å²) in [6, 6.07) is 14.5. The minimum absolute atomic E-state index is 0.740. The number of ether oxygens (including phenoxy) is 1. The first-order valence-corrected chi connectivity index (χ1v) is 9.69. The van der Waals surface area contributed by atoms with E-state index in [9.17, 15) is 0 Å². The quantitative estimate of drug-likeness (QED) is 0.534. The lowest BCUT2D eigenvalue weighted by Crippen LogP contribution is -2.36. The van der Waals surface area contributed by atoms with E-state index in [0.29, 0.717) is 0 Å². The van der Waals surface area contributed by atoms with Gasteiger partial charge in [-0.25, -0.2) is 9.97 Å². The molecule has 27 heavy (non-hydrogen) atoms. The van der Waals surface area contributed by atoms with Crippen molar-refractivity contribution >= 4 is 49.8 Å². The van der Waals surface area contributed by atoms with Gasteiger partial charge in [-0.05, 0) is 42.5 Å². The first-order valence-electron chi connectivity index (χ1n) is 8.90. The second kappa shape index (κ2) is 6.83. The van der Waals surface area contributed by atoms with Crippen molar-refractivity contribution in [2.24, 2.45) is 0 Å². The second-order valence-corrected chi connectivity index (χ2v) is 7.40. The van der Waals surface area contributed by atoms with Gasteiger partial charge >= 0.3 is 0 Å². The Balaban J connectivity index is 1.49. The summed E-state index contributed by atoms with van der Waals surface area (Å²) >= 11 is 3.53. The van der Waals surface area contributed by atoms with Crippen LogP contribution in [0.5, 0.6) is 0 Å². The molecule has 2 aromatic carbocycles. The van der Waals surface area contributed by atoms with Gasteiger partial charge in [0.15, 0.2) is 11.5 Å². The lowest BCUT2D eigenvalue weighted by Gasteiger charge is -2.28. The number of morpholine rings is 1. The maximum absolute atomic E-state index is 5.43. The highest BCUT2D eigenvalue weighted by Gasteiger charge is 2.12. The standard InChI is InChI=1S/C20H18BrN5O/c21-14-1-6-18-17(13-14)24-19(20-22-7-8-26(18)20)23-15-2-4-16(5-3-15)25-9-11-27-12-10-25/h1-8,13H,9-12H2,(H,23,24). The minimum Gasteiger partial charge on any atom is -0.378 e. The average molecular weight is 424 g/mol. The number of nitrogens with zero attached hydrogens (tertiary/aromatic N) is 4. The molecule has 5 rings (SSSR count). The van der Waals surface area contributed by atoms with Gasteiger partial charge < -0.3 is 15.0 Å². The summed E-state index contributed by atoms with van der Waals surface area (Å²) in [5, 5.41) is 3.42. The van der Waals surface area contributed by atoms with E-state index in [4.69, 9.17) is 9.72 Å². The Morgan fingerprint density at radius 1 is 1.04 bits per heavy atom. The van der Waals surface area contributed by atoms with Gasteiger partial charge in [-0.1, -0.05) is 15.9 Å². The summed E-state index contributed by atoms with van der Waals surface area (Å²) in [6.45, 7) is 3.44. The zero-order chi connectivity index (χ0) is 18.2. The third-order valence-electron chi connectivity index (χ3n) is 4.79. The van der Waals surface area contributed by atoms with Gasteiger partial charge in [0.2, 0.25) is 0 Å². The lowest BCUT2D eigenvalue weighted by molar-refractivity contribution is 0.122. The monoisotopic (exact) mass is 423 g/mol.